The van der Waals surface area contributed by atoms with Gasteiger partial charge in [-0.3, -0.25) is 9.36 Å². The van der Waals surface area contributed by atoms with Crippen LogP contribution in [-0.4, -0.2) is 29.2 Å². The van der Waals surface area contributed by atoms with Crippen LogP contribution in [-0.2, 0) is 20.0 Å². The van der Waals surface area contributed by atoms with Crippen LogP contribution in [0, 0.1) is 0 Å². The van der Waals surface area contributed by atoms with Crippen molar-refractivity contribution in [3.05, 3.63) is 70.6 Å². The fourth-order valence-electron chi connectivity index (χ4n) is 3.37. The Morgan fingerprint density at radius 1 is 1.19 bits per heavy atom. The largest absolute Gasteiger partial charge is 0.338 e. The van der Waals surface area contributed by atoms with E-state index in [0.717, 1.165) is 5.92 Å². The van der Waals surface area contributed by atoms with Gasteiger partial charge in [0, 0.05) is 7.05 Å². The van der Waals surface area contributed by atoms with Crippen molar-refractivity contribution in [1.82, 2.24) is 29.2 Å². The third-order valence-corrected chi connectivity index (χ3v) is 4.85. The molecule has 3 heterocycles. The van der Waals surface area contributed by atoms with Crippen LogP contribution in [0.1, 0.15) is 36.3 Å². The summed E-state index contributed by atoms with van der Waals surface area (Å²) in [5.41, 5.74) is 3.83. The molecule has 0 bridgehead atoms. The summed E-state index contributed by atoms with van der Waals surface area (Å²) in [6.07, 6.45) is 6.89. The van der Waals surface area contributed by atoms with Gasteiger partial charge in [0.15, 0.2) is 17.5 Å². The molecule has 1 atom stereocenters. The van der Waals surface area contributed by atoms with Crippen molar-refractivity contribution in [1.29, 1.82) is 0 Å². The monoisotopic (exact) mass is 364 g/mol. The molecule has 0 saturated heterocycles. The van der Waals surface area contributed by atoms with Crippen molar-refractivity contribution in [3.8, 4) is 0 Å². The van der Waals surface area contributed by atoms with Gasteiger partial charge in [-0.1, -0.05) is 36.3 Å². The Bertz CT molecular complexity index is 1110. The molecule has 1 aliphatic rings. The van der Waals surface area contributed by atoms with E-state index in [-0.39, 0.29) is 12.1 Å². The molecule has 27 heavy (non-hydrogen) atoms. The molecule has 1 aliphatic carbocycles. The van der Waals surface area contributed by atoms with Crippen molar-refractivity contribution in [2.45, 2.75) is 32.2 Å². The summed E-state index contributed by atoms with van der Waals surface area (Å²) >= 11 is 0. The predicted octanol–water partition coefficient (Wildman–Crippen LogP) is 2.30. The molecule has 5 rings (SSSR count). The number of benzene rings is 1. The third kappa shape index (κ3) is 3.38. The summed E-state index contributed by atoms with van der Waals surface area (Å²) in [7, 11) is 1.75. The molecule has 3 aromatic heterocycles. The number of rotatable bonds is 2. The van der Waals surface area contributed by atoms with Gasteiger partial charge in [-0.2, -0.15) is 4.98 Å². The minimum absolute atomic E-state index is 0.187. The Morgan fingerprint density at radius 2 is 2.00 bits per heavy atom. The van der Waals surface area contributed by atoms with Gasteiger partial charge < -0.3 is 9.09 Å². The second-order valence-corrected chi connectivity index (χ2v) is 6.68. The lowest BCUT2D eigenvalue weighted by Crippen LogP contribution is -2.22. The topological polar surface area (TPSA) is 91.6 Å². The van der Waals surface area contributed by atoms with E-state index in [0.29, 0.717) is 17.1 Å². The van der Waals surface area contributed by atoms with E-state index in [1.54, 1.807) is 29.1 Å². The summed E-state index contributed by atoms with van der Waals surface area (Å²) in [6.45, 7) is 2.51. The van der Waals surface area contributed by atoms with Crippen molar-refractivity contribution in [2.24, 2.45) is 7.05 Å². The number of nitrogens with zero attached hydrogens (tertiary/aromatic N) is 6. The van der Waals surface area contributed by atoms with E-state index in [9.17, 15) is 4.79 Å². The second kappa shape index (κ2) is 7.14. The molecule has 1 aromatic carbocycles. The van der Waals surface area contributed by atoms with Crippen LogP contribution in [0.2, 0.25) is 0 Å². The number of fused-ring (bicyclic) bond motifs is 2. The number of aryl methyl sites for hydroxylation is 2. The predicted molar refractivity (Wildman–Crippen MR) is 99.3 cm³/mol. The second-order valence-electron chi connectivity index (χ2n) is 6.68. The van der Waals surface area contributed by atoms with Crippen LogP contribution in [0.3, 0.4) is 0 Å². The quantitative estimate of drug-likeness (QED) is 0.542. The van der Waals surface area contributed by atoms with Crippen LogP contribution in [0.4, 0.5) is 0 Å². The fraction of sp³-hybridized carbons (Fsp3) is 0.316. The lowest BCUT2D eigenvalue weighted by Gasteiger charge is -2.01. The van der Waals surface area contributed by atoms with Crippen molar-refractivity contribution >= 4 is 11.2 Å². The summed E-state index contributed by atoms with van der Waals surface area (Å²) in [6, 6.07) is 8.78. The molecular formula is C19H20N6O2. The van der Waals surface area contributed by atoms with Crippen LogP contribution >= 0.6 is 0 Å². The minimum atomic E-state index is -0.187. The molecule has 0 amide bonds. The van der Waals surface area contributed by atoms with Crippen LogP contribution in [0.15, 0.2) is 52.6 Å². The first-order valence-electron chi connectivity index (χ1n) is 8.83. The number of aromatic nitrogens is 6. The first kappa shape index (κ1) is 17.1. The molecule has 8 nitrogen and oxygen atoms in total. The first-order chi connectivity index (χ1) is 13.1. The molecular weight excluding hydrogens is 344 g/mol. The number of hydrogen-bond acceptors (Lipinski definition) is 6. The maximum absolute atomic E-state index is 12.1. The van der Waals surface area contributed by atoms with E-state index in [2.05, 4.69) is 51.3 Å². The zero-order valence-corrected chi connectivity index (χ0v) is 15.2. The van der Waals surface area contributed by atoms with Gasteiger partial charge in [-0.05, 0) is 29.9 Å². The number of hydrogen-bond donors (Lipinski definition) is 0. The molecule has 0 spiro atoms. The van der Waals surface area contributed by atoms with E-state index >= 15 is 0 Å². The summed E-state index contributed by atoms with van der Waals surface area (Å²) in [4.78, 5) is 24.1. The highest BCUT2D eigenvalue weighted by Gasteiger charge is 2.16. The molecule has 0 unspecified atom stereocenters. The Kier molecular flexibility index (Phi) is 4.53. The average molecular weight is 364 g/mol. The van der Waals surface area contributed by atoms with E-state index in [1.165, 1.54) is 30.1 Å². The molecule has 0 aliphatic heterocycles. The zero-order valence-electron chi connectivity index (χ0n) is 15.2. The highest BCUT2D eigenvalue weighted by molar-refractivity contribution is 5.68. The lowest BCUT2D eigenvalue weighted by molar-refractivity contribution is 0.368. The summed E-state index contributed by atoms with van der Waals surface area (Å²) in [5.74, 6) is 1.16. The van der Waals surface area contributed by atoms with Gasteiger partial charge in [-0.15, -0.1) is 0 Å². The average Bonchev–Trinajstić information content (AvgIpc) is 3.40. The highest BCUT2D eigenvalue weighted by Crippen LogP contribution is 2.31. The third-order valence-electron chi connectivity index (χ3n) is 4.85. The van der Waals surface area contributed by atoms with Gasteiger partial charge >= 0.3 is 0 Å². The standard InChI is InChI=1S/C10H12.C9H8N6O2/c1-8-6-7-9-4-2-3-5-10(8)9;1-14-4-11-8-7(14)9(16)15(5-12-8)2-6-10-3-13-17-6/h2-5,8H,6-7H2,1H3;3-5H,2H2,1H3/t8-;/m1./s1. The van der Waals surface area contributed by atoms with Crippen LogP contribution in [0.5, 0.6) is 0 Å². The minimum Gasteiger partial charge on any atom is -0.338 e. The van der Waals surface area contributed by atoms with E-state index in [4.69, 9.17) is 4.52 Å². The van der Waals surface area contributed by atoms with Crippen molar-refractivity contribution < 1.29 is 4.52 Å². The maximum atomic E-state index is 12.1. The summed E-state index contributed by atoms with van der Waals surface area (Å²) < 4.78 is 7.88. The smallest absolute Gasteiger partial charge is 0.280 e. The lowest BCUT2D eigenvalue weighted by atomic mass is 10.0. The SMILES string of the molecule is C[C@@H]1CCc2ccccc21.Cn1cnc2ncn(Cc3ncno3)c(=O)c21. The summed E-state index contributed by atoms with van der Waals surface area (Å²) in [5, 5.41) is 3.48. The Hall–Kier alpha value is -3.29. The van der Waals surface area contributed by atoms with Crippen molar-refractivity contribution in [3.63, 3.8) is 0 Å². The van der Waals surface area contributed by atoms with E-state index < -0.39 is 0 Å². The molecule has 4 aromatic rings. The highest BCUT2D eigenvalue weighted by atomic mass is 16.5. The zero-order chi connectivity index (χ0) is 18.8. The Morgan fingerprint density at radius 3 is 2.78 bits per heavy atom. The molecule has 0 saturated carbocycles. The number of imidazole rings is 1. The van der Waals surface area contributed by atoms with Crippen LogP contribution in [0.25, 0.3) is 11.2 Å². The first-order valence-corrected chi connectivity index (χ1v) is 8.83. The fourth-order valence-corrected chi connectivity index (χ4v) is 3.37. The maximum Gasteiger partial charge on any atom is 0.280 e. The Balaban J connectivity index is 0.000000153. The van der Waals surface area contributed by atoms with Crippen molar-refractivity contribution in [2.75, 3.05) is 0 Å². The van der Waals surface area contributed by atoms with Gasteiger partial charge in [0.25, 0.3) is 5.56 Å². The molecule has 0 N–H and O–H groups in total. The van der Waals surface area contributed by atoms with Crippen LogP contribution < -0.4 is 5.56 Å². The van der Waals surface area contributed by atoms with Gasteiger partial charge in [0.1, 0.15) is 12.9 Å². The molecule has 8 heteroatoms. The van der Waals surface area contributed by atoms with Gasteiger partial charge in [0.05, 0.1) is 6.33 Å². The Labute approximate surface area is 155 Å². The molecule has 0 radical (unpaired) electrons. The normalized spacial score (nSPS) is 15.4. The molecule has 0 fully saturated rings. The van der Waals surface area contributed by atoms with Gasteiger partial charge in [0.2, 0.25) is 5.89 Å². The van der Waals surface area contributed by atoms with Gasteiger partial charge in [-0.25, -0.2) is 9.97 Å². The van der Waals surface area contributed by atoms with E-state index in [1.807, 2.05) is 0 Å². The molecule has 138 valence electrons.